The van der Waals surface area contributed by atoms with Gasteiger partial charge in [0.05, 0.1) is 11.9 Å². The van der Waals surface area contributed by atoms with Crippen LogP contribution in [0.1, 0.15) is 13.3 Å². The van der Waals surface area contributed by atoms with E-state index in [-0.39, 0.29) is 24.8 Å². The van der Waals surface area contributed by atoms with E-state index >= 15 is 0 Å². The summed E-state index contributed by atoms with van der Waals surface area (Å²) in [6.45, 7) is 2.67. The average Bonchev–Trinajstić information content (AvgIpc) is 2.46. The monoisotopic (exact) mass is 370 g/mol. The number of benzene rings is 1. The summed E-state index contributed by atoms with van der Waals surface area (Å²) in [4.78, 5) is 24.8. The molecule has 1 aromatic carbocycles. The lowest BCUT2D eigenvalue weighted by Gasteiger charge is -2.22. The van der Waals surface area contributed by atoms with Crippen LogP contribution in [0.2, 0.25) is 0 Å². The zero-order valence-electron chi connectivity index (χ0n) is 15.1. The Kier molecular flexibility index (Phi) is 7.85. The van der Waals surface area contributed by atoms with Crippen LogP contribution in [0.15, 0.2) is 24.3 Å². The highest BCUT2D eigenvalue weighted by molar-refractivity contribution is 7.92. The first-order chi connectivity index (χ1) is 11.6. The van der Waals surface area contributed by atoms with Gasteiger partial charge in [-0.2, -0.15) is 0 Å². The standard InChI is InChI=1S/C16H26N4O4S/c1-13(21)18-14-5-7-15(8-6-14)20(25(4,23)24)11-9-16(22)17-10-12-19(2)3/h5-8H,9-12H2,1-4H3,(H,17,22)(H,18,21). The Hall–Kier alpha value is -2.13. The third-order valence-electron chi connectivity index (χ3n) is 3.30. The van der Waals surface area contributed by atoms with Crippen molar-refractivity contribution in [3.8, 4) is 0 Å². The van der Waals surface area contributed by atoms with E-state index in [2.05, 4.69) is 10.6 Å². The van der Waals surface area contributed by atoms with Gasteiger partial charge in [0, 0.05) is 38.7 Å². The minimum atomic E-state index is -3.53. The van der Waals surface area contributed by atoms with Crippen LogP contribution in [0.3, 0.4) is 0 Å². The van der Waals surface area contributed by atoms with E-state index in [1.54, 1.807) is 24.3 Å². The number of hydrogen-bond acceptors (Lipinski definition) is 5. The number of anilines is 2. The number of hydrogen-bond donors (Lipinski definition) is 2. The maximum Gasteiger partial charge on any atom is 0.232 e. The van der Waals surface area contributed by atoms with E-state index in [9.17, 15) is 18.0 Å². The van der Waals surface area contributed by atoms with Gasteiger partial charge in [-0.05, 0) is 38.4 Å². The second-order valence-electron chi connectivity index (χ2n) is 5.97. The molecule has 8 nitrogen and oxygen atoms in total. The van der Waals surface area contributed by atoms with Gasteiger partial charge in [-0.25, -0.2) is 8.42 Å². The number of sulfonamides is 1. The molecular weight excluding hydrogens is 344 g/mol. The molecule has 0 bridgehead atoms. The molecule has 0 aliphatic rings. The summed E-state index contributed by atoms with van der Waals surface area (Å²) in [5, 5.41) is 5.37. The molecule has 0 atom stereocenters. The molecule has 25 heavy (non-hydrogen) atoms. The summed E-state index contributed by atoms with van der Waals surface area (Å²) in [7, 11) is 0.284. The maximum atomic E-state index is 12.0. The molecule has 0 aliphatic carbocycles. The molecule has 0 spiro atoms. The number of carbonyl (C=O) groups excluding carboxylic acids is 2. The highest BCUT2D eigenvalue weighted by atomic mass is 32.2. The van der Waals surface area contributed by atoms with E-state index in [4.69, 9.17) is 0 Å². The van der Waals surface area contributed by atoms with E-state index < -0.39 is 10.0 Å². The summed E-state index contributed by atoms with van der Waals surface area (Å²) >= 11 is 0. The third kappa shape index (κ3) is 7.99. The Morgan fingerprint density at radius 2 is 1.68 bits per heavy atom. The lowest BCUT2D eigenvalue weighted by molar-refractivity contribution is -0.121. The fraction of sp³-hybridized carbons (Fsp3) is 0.500. The van der Waals surface area contributed by atoms with Crippen LogP contribution in [0.5, 0.6) is 0 Å². The zero-order valence-corrected chi connectivity index (χ0v) is 15.9. The van der Waals surface area contributed by atoms with Crippen LogP contribution in [0.25, 0.3) is 0 Å². The third-order valence-corrected chi connectivity index (χ3v) is 4.49. The van der Waals surface area contributed by atoms with Crippen LogP contribution in [0, 0.1) is 0 Å². The first-order valence-corrected chi connectivity index (χ1v) is 9.71. The van der Waals surface area contributed by atoms with E-state index in [1.165, 1.54) is 11.2 Å². The first kappa shape index (κ1) is 20.9. The number of nitrogens with one attached hydrogen (secondary N) is 2. The van der Waals surface area contributed by atoms with Crippen LogP contribution in [-0.4, -0.2) is 65.1 Å². The predicted molar refractivity (Wildman–Crippen MR) is 99.1 cm³/mol. The summed E-state index contributed by atoms with van der Waals surface area (Å²) < 4.78 is 25.2. The summed E-state index contributed by atoms with van der Waals surface area (Å²) in [6.07, 6.45) is 1.16. The van der Waals surface area contributed by atoms with Crippen molar-refractivity contribution in [2.24, 2.45) is 0 Å². The molecule has 2 amide bonds. The second kappa shape index (κ2) is 9.38. The van der Waals surface area contributed by atoms with Gasteiger partial charge >= 0.3 is 0 Å². The fourth-order valence-electron chi connectivity index (χ4n) is 2.11. The average molecular weight is 370 g/mol. The molecule has 0 radical (unpaired) electrons. The minimum Gasteiger partial charge on any atom is -0.355 e. The van der Waals surface area contributed by atoms with Crippen molar-refractivity contribution in [1.82, 2.24) is 10.2 Å². The largest absolute Gasteiger partial charge is 0.355 e. The lowest BCUT2D eigenvalue weighted by Crippen LogP contribution is -2.36. The van der Waals surface area contributed by atoms with Crippen molar-refractivity contribution in [2.75, 3.05) is 49.6 Å². The Morgan fingerprint density at radius 1 is 1.08 bits per heavy atom. The molecule has 1 aromatic rings. The van der Waals surface area contributed by atoms with Gasteiger partial charge in [-0.1, -0.05) is 0 Å². The highest BCUT2D eigenvalue weighted by Crippen LogP contribution is 2.20. The quantitative estimate of drug-likeness (QED) is 0.659. The van der Waals surface area contributed by atoms with Gasteiger partial charge < -0.3 is 15.5 Å². The Labute approximate surface area is 149 Å². The van der Waals surface area contributed by atoms with E-state index in [1.807, 2.05) is 19.0 Å². The van der Waals surface area contributed by atoms with Gasteiger partial charge in [0.25, 0.3) is 0 Å². The normalized spacial score (nSPS) is 11.2. The molecule has 2 N–H and O–H groups in total. The molecule has 0 aliphatic heterocycles. The molecule has 0 aromatic heterocycles. The van der Waals surface area contributed by atoms with Gasteiger partial charge in [0.2, 0.25) is 21.8 Å². The number of nitrogens with zero attached hydrogens (tertiary/aromatic N) is 2. The Morgan fingerprint density at radius 3 is 2.16 bits per heavy atom. The minimum absolute atomic E-state index is 0.0477. The van der Waals surface area contributed by atoms with Crippen molar-refractivity contribution < 1.29 is 18.0 Å². The van der Waals surface area contributed by atoms with Crippen LogP contribution in [-0.2, 0) is 19.6 Å². The molecule has 140 valence electrons. The zero-order chi connectivity index (χ0) is 19.0. The molecule has 0 saturated carbocycles. The summed E-state index contributed by atoms with van der Waals surface area (Å²) in [5.41, 5.74) is 1.02. The molecule has 9 heteroatoms. The van der Waals surface area contributed by atoms with E-state index in [0.717, 1.165) is 6.26 Å². The Balaban J connectivity index is 2.72. The van der Waals surface area contributed by atoms with Crippen molar-refractivity contribution in [3.63, 3.8) is 0 Å². The number of rotatable bonds is 9. The number of carbonyl (C=O) groups is 2. The smallest absolute Gasteiger partial charge is 0.232 e. The van der Waals surface area contributed by atoms with Crippen LogP contribution < -0.4 is 14.9 Å². The summed E-state index contributed by atoms with van der Waals surface area (Å²) in [6, 6.07) is 6.42. The first-order valence-electron chi connectivity index (χ1n) is 7.86. The summed E-state index contributed by atoms with van der Waals surface area (Å²) in [5.74, 6) is -0.410. The van der Waals surface area contributed by atoms with Crippen molar-refractivity contribution in [1.29, 1.82) is 0 Å². The van der Waals surface area contributed by atoms with E-state index in [0.29, 0.717) is 24.5 Å². The molecule has 0 fully saturated rings. The second-order valence-corrected chi connectivity index (χ2v) is 7.87. The van der Waals surface area contributed by atoms with Crippen molar-refractivity contribution in [2.45, 2.75) is 13.3 Å². The van der Waals surface area contributed by atoms with Crippen LogP contribution >= 0.6 is 0 Å². The highest BCUT2D eigenvalue weighted by Gasteiger charge is 2.18. The lowest BCUT2D eigenvalue weighted by atomic mass is 10.2. The van der Waals surface area contributed by atoms with Gasteiger partial charge in [0.15, 0.2) is 0 Å². The molecule has 0 saturated heterocycles. The number of likely N-dealkylation sites (N-methyl/N-ethyl adjacent to an activating group) is 1. The topological polar surface area (TPSA) is 98.8 Å². The number of amides is 2. The van der Waals surface area contributed by atoms with Gasteiger partial charge in [0.1, 0.15) is 0 Å². The van der Waals surface area contributed by atoms with Gasteiger partial charge in [-0.3, -0.25) is 13.9 Å². The maximum absolute atomic E-state index is 12.0. The molecule has 0 unspecified atom stereocenters. The van der Waals surface area contributed by atoms with Crippen molar-refractivity contribution in [3.05, 3.63) is 24.3 Å². The Bertz CT molecular complexity index is 687. The fourth-order valence-corrected chi connectivity index (χ4v) is 3.04. The molecule has 0 heterocycles. The predicted octanol–water partition coefficient (Wildman–Crippen LogP) is 0.479. The van der Waals surface area contributed by atoms with Crippen LogP contribution in [0.4, 0.5) is 11.4 Å². The van der Waals surface area contributed by atoms with Gasteiger partial charge in [-0.15, -0.1) is 0 Å². The molecule has 1 rings (SSSR count). The van der Waals surface area contributed by atoms with Crippen molar-refractivity contribution >= 4 is 33.2 Å². The molecular formula is C16H26N4O4S. The SMILES string of the molecule is CC(=O)Nc1ccc(N(CCC(=O)NCCN(C)C)S(C)(=O)=O)cc1.